The maximum Gasteiger partial charge on any atom is 0.0662 e. The summed E-state index contributed by atoms with van der Waals surface area (Å²) in [5.74, 6) is 1.19. The first-order valence-corrected chi connectivity index (χ1v) is 6.45. The Kier molecular flexibility index (Phi) is 2.82. The maximum atomic E-state index is 3.72. The molecule has 0 spiro atoms. The summed E-state index contributed by atoms with van der Waals surface area (Å²) in [5.41, 5.74) is 1.69. The van der Waals surface area contributed by atoms with E-state index in [2.05, 4.69) is 56.4 Å². The van der Waals surface area contributed by atoms with E-state index in [-0.39, 0.29) is 10.4 Å². The third kappa shape index (κ3) is 2.76. The molecule has 1 aromatic carbocycles. The Hall–Kier alpha value is -0.470. The summed E-state index contributed by atoms with van der Waals surface area (Å²) in [6.07, 6.45) is 1.10. The molecule has 1 unspecified atom stereocenters. The van der Waals surface area contributed by atoms with Crippen LogP contribution >= 0.6 is 11.8 Å². The van der Waals surface area contributed by atoms with Gasteiger partial charge in [-0.05, 0) is 32.8 Å². The molecule has 15 heavy (non-hydrogen) atoms. The van der Waals surface area contributed by atoms with Gasteiger partial charge in [-0.3, -0.25) is 5.32 Å². The van der Waals surface area contributed by atoms with Crippen molar-refractivity contribution < 1.29 is 0 Å². The average Bonchev–Trinajstić information content (AvgIpc) is 2.42. The number of hydrogen-bond donors (Lipinski definition) is 1. The highest BCUT2D eigenvalue weighted by molar-refractivity contribution is 8.00. The van der Waals surface area contributed by atoms with Gasteiger partial charge in [-0.2, -0.15) is 0 Å². The van der Waals surface area contributed by atoms with Crippen LogP contribution in [0.1, 0.15) is 26.3 Å². The molecule has 0 saturated carbocycles. The lowest BCUT2D eigenvalue weighted by Gasteiger charge is -2.27. The molecule has 1 fully saturated rings. The maximum absolute atomic E-state index is 3.72. The second kappa shape index (κ2) is 3.84. The third-order valence-electron chi connectivity index (χ3n) is 2.74. The van der Waals surface area contributed by atoms with Crippen molar-refractivity contribution in [3.05, 3.63) is 35.9 Å². The van der Waals surface area contributed by atoms with Gasteiger partial charge in [0.15, 0.2) is 0 Å². The fraction of sp³-hybridized carbons (Fsp3) is 0.538. The van der Waals surface area contributed by atoms with Crippen molar-refractivity contribution in [2.75, 3.05) is 5.75 Å². The Morgan fingerprint density at radius 1 is 1.20 bits per heavy atom. The van der Waals surface area contributed by atoms with Crippen LogP contribution < -0.4 is 5.32 Å². The van der Waals surface area contributed by atoms with Gasteiger partial charge in [0.2, 0.25) is 0 Å². The van der Waals surface area contributed by atoms with Crippen molar-refractivity contribution >= 4 is 11.8 Å². The van der Waals surface area contributed by atoms with Crippen LogP contribution in [-0.2, 0) is 6.42 Å². The van der Waals surface area contributed by atoms with E-state index < -0.39 is 0 Å². The lowest BCUT2D eigenvalue weighted by molar-refractivity contribution is 0.379. The van der Waals surface area contributed by atoms with Gasteiger partial charge in [0.1, 0.15) is 0 Å². The van der Waals surface area contributed by atoms with E-state index in [4.69, 9.17) is 0 Å². The second-order valence-electron chi connectivity index (χ2n) is 5.19. The molecule has 82 valence electrons. The Balaban J connectivity index is 2.07. The van der Waals surface area contributed by atoms with Crippen molar-refractivity contribution in [2.45, 2.75) is 37.6 Å². The zero-order valence-electron chi connectivity index (χ0n) is 9.71. The van der Waals surface area contributed by atoms with Gasteiger partial charge in [-0.15, -0.1) is 11.8 Å². The molecule has 1 atom stereocenters. The van der Waals surface area contributed by atoms with Gasteiger partial charge < -0.3 is 0 Å². The van der Waals surface area contributed by atoms with Crippen molar-refractivity contribution in [3.8, 4) is 0 Å². The fourth-order valence-corrected chi connectivity index (χ4v) is 3.58. The van der Waals surface area contributed by atoms with Gasteiger partial charge in [0.05, 0.1) is 4.87 Å². The molecule has 1 N–H and O–H groups in total. The van der Waals surface area contributed by atoms with Gasteiger partial charge in [-0.1, -0.05) is 30.3 Å². The second-order valence-corrected chi connectivity index (χ2v) is 6.67. The standard InChI is InChI=1S/C13H19NS/c1-12(2)10-15-13(3,14-12)9-11-7-5-4-6-8-11/h4-8,14H,9-10H2,1-3H3. The highest BCUT2D eigenvalue weighted by Crippen LogP contribution is 2.37. The van der Waals surface area contributed by atoms with E-state index in [0.29, 0.717) is 0 Å². The van der Waals surface area contributed by atoms with Crippen LogP contribution in [0.4, 0.5) is 0 Å². The van der Waals surface area contributed by atoms with Gasteiger partial charge in [-0.25, -0.2) is 0 Å². The Morgan fingerprint density at radius 3 is 2.40 bits per heavy atom. The molecule has 1 aliphatic heterocycles. The predicted molar refractivity (Wildman–Crippen MR) is 68.2 cm³/mol. The zero-order valence-corrected chi connectivity index (χ0v) is 10.5. The predicted octanol–water partition coefficient (Wildman–Crippen LogP) is 3.06. The monoisotopic (exact) mass is 221 g/mol. The number of hydrogen-bond acceptors (Lipinski definition) is 2. The van der Waals surface area contributed by atoms with E-state index in [1.54, 1.807) is 0 Å². The van der Waals surface area contributed by atoms with E-state index >= 15 is 0 Å². The number of benzene rings is 1. The molecule has 1 saturated heterocycles. The third-order valence-corrected chi connectivity index (χ3v) is 4.49. The minimum atomic E-state index is 0.199. The van der Waals surface area contributed by atoms with Gasteiger partial charge in [0.25, 0.3) is 0 Å². The summed E-state index contributed by atoms with van der Waals surface area (Å²) in [7, 11) is 0. The van der Waals surface area contributed by atoms with E-state index in [0.717, 1.165) is 6.42 Å². The van der Waals surface area contributed by atoms with Crippen LogP contribution in [0.3, 0.4) is 0 Å². The van der Waals surface area contributed by atoms with Gasteiger partial charge in [0, 0.05) is 11.3 Å². The first kappa shape index (κ1) is 11.0. The average molecular weight is 221 g/mol. The molecule has 0 bridgehead atoms. The largest absolute Gasteiger partial charge is 0.297 e. The smallest absolute Gasteiger partial charge is 0.0662 e. The number of nitrogens with one attached hydrogen (secondary N) is 1. The normalized spacial score (nSPS) is 29.3. The summed E-state index contributed by atoms with van der Waals surface area (Å²) in [6, 6.07) is 10.7. The molecule has 0 aromatic heterocycles. The molecule has 2 rings (SSSR count). The van der Waals surface area contributed by atoms with Crippen molar-refractivity contribution in [2.24, 2.45) is 0 Å². The summed E-state index contributed by atoms with van der Waals surface area (Å²) < 4.78 is 0. The summed E-state index contributed by atoms with van der Waals surface area (Å²) in [6.45, 7) is 6.85. The first-order chi connectivity index (χ1) is 6.99. The highest BCUT2D eigenvalue weighted by Gasteiger charge is 2.39. The van der Waals surface area contributed by atoms with E-state index in [9.17, 15) is 0 Å². The van der Waals surface area contributed by atoms with Crippen LogP contribution in [0.2, 0.25) is 0 Å². The zero-order chi connectivity index (χ0) is 10.9. The van der Waals surface area contributed by atoms with Crippen LogP contribution in [0.15, 0.2) is 30.3 Å². The minimum absolute atomic E-state index is 0.199. The molecule has 2 heteroatoms. The Morgan fingerprint density at radius 2 is 1.87 bits per heavy atom. The molecule has 1 heterocycles. The molecule has 1 nitrogen and oxygen atoms in total. The van der Waals surface area contributed by atoms with Crippen molar-refractivity contribution in [1.82, 2.24) is 5.32 Å². The van der Waals surface area contributed by atoms with E-state index in [1.807, 2.05) is 11.8 Å². The molecule has 0 radical (unpaired) electrons. The molecular weight excluding hydrogens is 202 g/mol. The Bertz CT molecular complexity index is 334. The van der Waals surface area contributed by atoms with Crippen LogP contribution in [0.5, 0.6) is 0 Å². The van der Waals surface area contributed by atoms with Gasteiger partial charge >= 0.3 is 0 Å². The van der Waals surface area contributed by atoms with E-state index in [1.165, 1.54) is 11.3 Å². The number of thioether (sulfide) groups is 1. The topological polar surface area (TPSA) is 12.0 Å². The SMILES string of the molecule is CC1(C)CSC(C)(Cc2ccccc2)N1. The summed E-state index contributed by atoms with van der Waals surface area (Å²) in [5, 5.41) is 3.72. The van der Waals surface area contributed by atoms with Crippen LogP contribution in [0.25, 0.3) is 0 Å². The molecule has 0 amide bonds. The number of rotatable bonds is 2. The Labute approximate surface area is 96.7 Å². The quantitative estimate of drug-likeness (QED) is 0.823. The first-order valence-electron chi connectivity index (χ1n) is 5.46. The molecular formula is C13H19NS. The molecule has 1 aliphatic rings. The summed E-state index contributed by atoms with van der Waals surface area (Å²) in [4.78, 5) is 0.199. The highest BCUT2D eigenvalue weighted by atomic mass is 32.2. The van der Waals surface area contributed by atoms with Crippen molar-refractivity contribution in [3.63, 3.8) is 0 Å². The lowest BCUT2D eigenvalue weighted by Crippen LogP contribution is -2.46. The minimum Gasteiger partial charge on any atom is -0.297 e. The molecule has 1 aromatic rings. The summed E-state index contributed by atoms with van der Waals surface area (Å²) >= 11 is 2.04. The lowest BCUT2D eigenvalue weighted by atomic mass is 10.0. The van der Waals surface area contributed by atoms with Crippen LogP contribution in [-0.4, -0.2) is 16.2 Å². The van der Waals surface area contributed by atoms with Crippen LogP contribution in [0, 0.1) is 0 Å². The fourth-order valence-electron chi connectivity index (χ4n) is 2.21. The van der Waals surface area contributed by atoms with Crippen molar-refractivity contribution in [1.29, 1.82) is 0 Å². The molecule has 0 aliphatic carbocycles.